The molecule has 0 fully saturated rings. The molecule has 0 saturated heterocycles. The van der Waals surface area contributed by atoms with Crippen molar-refractivity contribution in [1.29, 1.82) is 0 Å². The molecular weight excluding hydrogens is 250 g/mol. The molecule has 0 aliphatic carbocycles. The summed E-state index contributed by atoms with van der Waals surface area (Å²) in [4.78, 5) is 0. The molecule has 0 unspecified atom stereocenters. The average molecular weight is 267 g/mol. The summed E-state index contributed by atoms with van der Waals surface area (Å²) in [5.41, 5.74) is 2.42. The summed E-state index contributed by atoms with van der Waals surface area (Å²) in [5.74, 6) is 1.52. The van der Waals surface area contributed by atoms with Crippen molar-refractivity contribution in [3.8, 4) is 11.5 Å². The highest BCUT2D eigenvalue weighted by Gasteiger charge is 2.09. The minimum absolute atomic E-state index is 0.757. The predicted octanol–water partition coefficient (Wildman–Crippen LogP) is 3.71. The summed E-state index contributed by atoms with van der Waals surface area (Å²) in [6, 6.07) is 16.5. The number of aromatic nitrogens is 1. The number of methoxy groups -OCH3 is 2. The minimum atomic E-state index is 0.757. The van der Waals surface area contributed by atoms with Gasteiger partial charge in [-0.05, 0) is 17.7 Å². The van der Waals surface area contributed by atoms with Crippen LogP contribution < -0.4 is 9.47 Å². The van der Waals surface area contributed by atoms with E-state index in [1.54, 1.807) is 14.2 Å². The van der Waals surface area contributed by atoms with Gasteiger partial charge >= 0.3 is 0 Å². The van der Waals surface area contributed by atoms with Crippen LogP contribution in [0.3, 0.4) is 0 Å². The van der Waals surface area contributed by atoms with Crippen molar-refractivity contribution in [3.63, 3.8) is 0 Å². The number of benzene rings is 2. The standard InChI is InChI=1S/C17H17NO2/c1-19-16-10-14-8-9-18(15(14)11-17(16)20-2)12-13-6-4-3-5-7-13/h3-11H,12H2,1-2H3. The molecule has 0 aliphatic heterocycles. The van der Waals surface area contributed by atoms with Crippen LogP contribution in [0.5, 0.6) is 11.5 Å². The predicted molar refractivity (Wildman–Crippen MR) is 80.6 cm³/mol. The number of fused-ring (bicyclic) bond motifs is 1. The fourth-order valence-electron chi connectivity index (χ4n) is 2.43. The van der Waals surface area contributed by atoms with Crippen LogP contribution in [0.2, 0.25) is 0 Å². The number of nitrogens with zero attached hydrogens (tertiary/aromatic N) is 1. The third-order valence-corrected chi connectivity index (χ3v) is 3.47. The molecule has 0 N–H and O–H groups in total. The van der Waals surface area contributed by atoms with E-state index < -0.39 is 0 Å². The van der Waals surface area contributed by atoms with E-state index in [4.69, 9.17) is 9.47 Å². The monoisotopic (exact) mass is 267 g/mol. The third-order valence-electron chi connectivity index (χ3n) is 3.47. The Hall–Kier alpha value is -2.42. The molecule has 3 rings (SSSR count). The first-order chi connectivity index (χ1) is 9.81. The Labute approximate surface area is 118 Å². The summed E-state index contributed by atoms with van der Waals surface area (Å²) in [6.07, 6.45) is 2.09. The van der Waals surface area contributed by atoms with Crippen LogP contribution in [0.25, 0.3) is 10.9 Å². The summed E-state index contributed by atoms with van der Waals surface area (Å²) in [6.45, 7) is 0.847. The van der Waals surface area contributed by atoms with Crippen LogP contribution in [0.4, 0.5) is 0 Å². The van der Waals surface area contributed by atoms with Gasteiger partial charge in [-0.25, -0.2) is 0 Å². The number of ether oxygens (including phenoxy) is 2. The Morgan fingerprint density at radius 3 is 2.30 bits per heavy atom. The van der Waals surface area contributed by atoms with E-state index in [0.717, 1.165) is 28.9 Å². The molecule has 0 spiro atoms. The highest BCUT2D eigenvalue weighted by Crippen LogP contribution is 2.32. The maximum atomic E-state index is 5.38. The average Bonchev–Trinajstić information content (AvgIpc) is 2.89. The Morgan fingerprint density at radius 1 is 0.900 bits per heavy atom. The van der Waals surface area contributed by atoms with Gasteiger partial charge in [0, 0.05) is 24.2 Å². The van der Waals surface area contributed by atoms with Crippen molar-refractivity contribution in [2.24, 2.45) is 0 Å². The molecule has 0 radical (unpaired) electrons. The molecule has 1 heterocycles. The lowest BCUT2D eigenvalue weighted by atomic mass is 10.2. The van der Waals surface area contributed by atoms with Crippen molar-refractivity contribution >= 4 is 10.9 Å². The fraction of sp³-hybridized carbons (Fsp3) is 0.176. The largest absolute Gasteiger partial charge is 0.493 e. The van der Waals surface area contributed by atoms with Crippen molar-refractivity contribution in [1.82, 2.24) is 4.57 Å². The lowest BCUT2D eigenvalue weighted by Crippen LogP contribution is -1.98. The minimum Gasteiger partial charge on any atom is -0.493 e. The molecule has 0 amide bonds. The quantitative estimate of drug-likeness (QED) is 0.719. The lowest BCUT2D eigenvalue weighted by molar-refractivity contribution is 0.355. The summed E-state index contributed by atoms with van der Waals surface area (Å²) in [5, 5.41) is 1.15. The molecule has 0 atom stereocenters. The van der Waals surface area contributed by atoms with Crippen LogP contribution in [0, 0.1) is 0 Å². The van der Waals surface area contributed by atoms with Crippen LogP contribution in [-0.2, 0) is 6.54 Å². The van der Waals surface area contributed by atoms with Crippen LogP contribution >= 0.6 is 0 Å². The van der Waals surface area contributed by atoms with E-state index in [0.29, 0.717) is 0 Å². The molecule has 20 heavy (non-hydrogen) atoms. The number of rotatable bonds is 4. The van der Waals surface area contributed by atoms with Crippen LogP contribution in [0.15, 0.2) is 54.7 Å². The van der Waals surface area contributed by atoms with Gasteiger partial charge in [-0.1, -0.05) is 30.3 Å². The van der Waals surface area contributed by atoms with Gasteiger partial charge in [0.1, 0.15) is 0 Å². The molecule has 3 nitrogen and oxygen atoms in total. The highest BCUT2D eigenvalue weighted by atomic mass is 16.5. The highest BCUT2D eigenvalue weighted by molar-refractivity contribution is 5.84. The van der Waals surface area contributed by atoms with Crippen molar-refractivity contribution in [2.75, 3.05) is 14.2 Å². The number of hydrogen-bond acceptors (Lipinski definition) is 2. The molecule has 102 valence electrons. The van der Waals surface area contributed by atoms with Gasteiger partial charge in [-0.2, -0.15) is 0 Å². The molecule has 0 aliphatic rings. The first-order valence-corrected chi connectivity index (χ1v) is 6.56. The van der Waals surface area contributed by atoms with Gasteiger partial charge in [0.05, 0.1) is 19.7 Å². The second kappa shape index (κ2) is 5.29. The smallest absolute Gasteiger partial charge is 0.162 e. The molecule has 1 aromatic heterocycles. The van der Waals surface area contributed by atoms with Crippen LogP contribution in [0.1, 0.15) is 5.56 Å². The first-order valence-electron chi connectivity index (χ1n) is 6.56. The van der Waals surface area contributed by atoms with E-state index in [1.165, 1.54) is 5.56 Å². The maximum absolute atomic E-state index is 5.38. The molecule has 2 aromatic carbocycles. The zero-order chi connectivity index (χ0) is 13.9. The van der Waals surface area contributed by atoms with E-state index >= 15 is 0 Å². The molecule has 0 saturated carbocycles. The lowest BCUT2D eigenvalue weighted by Gasteiger charge is -2.10. The summed E-state index contributed by atoms with van der Waals surface area (Å²) >= 11 is 0. The second-order valence-electron chi connectivity index (χ2n) is 4.70. The van der Waals surface area contributed by atoms with Crippen molar-refractivity contribution < 1.29 is 9.47 Å². The Bertz CT molecular complexity index is 716. The zero-order valence-electron chi connectivity index (χ0n) is 11.7. The summed E-state index contributed by atoms with van der Waals surface area (Å²) in [7, 11) is 3.32. The Balaban J connectivity index is 2.04. The topological polar surface area (TPSA) is 23.4 Å². The third kappa shape index (κ3) is 2.23. The molecule has 0 bridgehead atoms. The van der Waals surface area contributed by atoms with E-state index in [2.05, 4.69) is 41.1 Å². The van der Waals surface area contributed by atoms with E-state index in [-0.39, 0.29) is 0 Å². The Kier molecular flexibility index (Phi) is 3.33. The van der Waals surface area contributed by atoms with E-state index in [9.17, 15) is 0 Å². The Morgan fingerprint density at radius 2 is 1.60 bits per heavy atom. The molecule has 3 aromatic rings. The maximum Gasteiger partial charge on any atom is 0.162 e. The first kappa shape index (κ1) is 12.6. The van der Waals surface area contributed by atoms with Gasteiger partial charge in [-0.15, -0.1) is 0 Å². The van der Waals surface area contributed by atoms with E-state index in [1.807, 2.05) is 18.2 Å². The molecule has 3 heteroatoms. The van der Waals surface area contributed by atoms with Gasteiger partial charge in [-0.3, -0.25) is 0 Å². The van der Waals surface area contributed by atoms with Gasteiger partial charge < -0.3 is 14.0 Å². The zero-order valence-corrected chi connectivity index (χ0v) is 11.7. The summed E-state index contributed by atoms with van der Waals surface area (Å²) < 4.78 is 12.9. The van der Waals surface area contributed by atoms with Gasteiger partial charge in [0.25, 0.3) is 0 Å². The second-order valence-corrected chi connectivity index (χ2v) is 4.70. The SMILES string of the molecule is COc1cc2ccn(Cc3ccccc3)c2cc1OC. The molecular formula is C17H17NO2. The normalized spacial score (nSPS) is 10.7. The fourth-order valence-corrected chi connectivity index (χ4v) is 2.43. The number of hydrogen-bond donors (Lipinski definition) is 0. The van der Waals surface area contributed by atoms with Gasteiger partial charge in [0.15, 0.2) is 11.5 Å². The van der Waals surface area contributed by atoms with Gasteiger partial charge in [0.2, 0.25) is 0 Å². The van der Waals surface area contributed by atoms with Crippen molar-refractivity contribution in [3.05, 3.63) is 60.3 Å². The van der Waals surface area contributed by atoms with Crippen molar-refractivity contribution in [2.45, 2.75) is 6.54 Å². The van der Waals surface area contributed by atoms with Crippen LogP contribution in [-0.4, -0.2) is 18.8 Å².